The summed E-state index contributed by atoms with van der Waals surface area (Å²) in [5, 5.41) is 0. The highest BCUT2D eigenvalue weighted by atomic mass is 16.5. The summed E-state index contributed by atoms with van der Waals surface area (Å²) in [7, 11) is 1.21. The highest BCUT2D eigenvalue weighted by Gasteiger charge is 2.21. The van der Waals surface area contributed by atoms with Gasteiger partial charge in [-0.1, -0.05) is 13.3 Å². The van der Waals surface area contributed by atoms with Crippen molar-refractivity contribution in [2.24, 2.45) is 0 Å². The summed E-state index contributed by atoms with van der Waals surface area (Å²) in [6, 6.07) is 0. The van der Waals surface area contributed by atoms with E-state index in [0.29, 0.717) is 12.2 Å². The zero-order chi connectivity index (χ0) is 15.8. The lowest BCUT2D eigenvalue weighted by Gasteiger charge is -2.09. The molecular formula is C14H20N2O5. The van der Waals surface area contributed by atoms with E-state index >= 15 is 0 Å². The molecule has 0 spiro atoms. The van der Waals surface area contributed by atoms with Crippen LogP contribution >= 0.6 is 0 Å². The maximum absolute atomic E-state index is 12.1. The topological polar surface area (TPSA) is 98.3 Å². The molecule has 1 N–H and O–H groups in total. The van der Waals surface area contributed by atoms with E-state index in [4.69, 9.17) is 4.74 Å². The Kier molecular flexibility index (Phi) is 6.58. The van der Waals surface area contributed by atoms with Crippen molar-refractivity contribution in [1.29, 1.82) is 0 Å². The van der Waals surface area contributed by atoms with Crippen LogP contribution in [0.5, 0.6) is 0 Å². The number of hydrogen-bond acceptors (Lipinski definition) is 6. The number of aromatic nitrogens is 2. The SMILES string of the molecule is CCCCc1nc(C(=O)OCC)c(CC(=O)OC)c(=O)[nH]1. The molecular weight excluding hydrogens is 276 g/mol. The first-order valence-corrected chi connectivity index (χ1v) is 6.89. The van der Waals surface area contributed by atoms with Crippen LogP contribution in [0.1, 0.15) is 48.6 Å². The number of aryl methyl sites for hydroxylation is 1. The second kappa shape index (κ2) is 8.18. The van der Waals surface area contributed by atoms with Gasteiger partial charge in [-0.3, -0.25) is 9.59 Å². The van der Waals surface area contributed by atoms with Crippen molar-refractivity contribution in [3.8, 4) is 0 Å². The molecule has 0 fully saturated rings. The zero-order valence-corrected chi connectivity index (χ0v) is 12.5. The van der Waals surface area contributed by atoms with Crippen molar-refractivity contribution >= 4 is 11.9 Å². The molecule has 1 rings (SSSR count). The van der Waals surface area contributed by atoms with Crippen LogP contribution in [0.4, 0.5) is 0 Å². The number of esters is 2. The number of H-pyrrole nitrogens is 1. The summed E-state index contributed by atoms with van der Waals surface area (Å²) in [6.07, 6.45) is 2.00. The zero-order valence-electron chi connectivity index (χ0n) is 12.5. The van der Waals surface area contributed by atoms with Gasteiger partial charge < -0.3 is 14.5 Å². The standard InChI is InChI=1S/C14H20N2O5/c1-4-6-7-10-15-12(14(19)21-5-2)9(13(18)16-10)8-11(17)20-3/h4-8H2,1-3H3,(H,15,16,18). The van der Waals surface area contributed by atoms with E-state index in [-0.39, 0.29) is 24.3 Å². The smallest absolute Gasteiger partial charge is 0.357 e. The van der Waals surface area contributed by atoms with E-state index < -0.39 is 17.5 Å². The summed E-state index contributed by atoms with van der Waals surface area (Å²) in [5.74, 6) is -0.909. The molecule has 0 saturated carbocycles. The summed E-state index contributed by atoms with van der Waals surface area (Å²) >= 11 is 0. The van der Waals surface area contributed by atoms with Crippen LogP contribution in [0.3, 0.4) is 0 Å². The quantitative estimate of drug-likeness (QED) is 0.754. The van der Waals surface area contributed by atoms with Crippen molar-refractivity contribution in [2.75, 3.05) is 13.7 Å². The molecule has 116 valence electrons. The van der Waals surface area contributed by atoms with Gasteiger partial charge in [0.1, 0.15) is 5.82 Å². The number of hydrogen-bond donors (Lipinski definition) is 1. The molecule has 0 aliphatic heterocycles. The Hall–Kier alpha value is -2.18. The van der Waals surface area contributed by atoms with Gasteiger partial charge in [0.15, 0.2) is 5.69 Å². The van der Waals surface area contributed by atoms with Crippen molar-refractivity contribution in [1.82, 2.24) is 9.97 Å². The Labute approximate surface area is 122 Å². The molecule has 21 heavy (non-hydrogen) atoms. The van der Waals surface area contributed by atoms with Gasteiger partial charge in [0.25, 0.3) is 5.56 Å². The molecule has 1 heterocycles. The average molecular weight is 296 g/mol. The monoisotopic (exact) mass is 296 g/mol. The van der Waals surface area contributed by atoms with E-state index in [0.717, 1.165) is 12.8 Å². The minimum absolute atomic E-state index is 0.0273. The van der Waals surface area contributed by atoms with Crippen LogP contribution < -0.4 is 5.56 Å². The predicted octanol–water partition coefficient (Wildman–Crippen LogP) is 1.00. The molecule has 7 heteroatoms. The molecule has 1 aromatic rings. The molecule has 0 saturated heterocycles. The van der Waals surface area contributed by atoms with Crippen molar-refractivity contribution in [2.45, 2.75) is 39.5 Å². The Morgan fingerprint density at radius 3 is 2.57 bits per heavy atom. The number of rotatable bonds is 7. The first-order valence-electron chi connectivity index (χ1n) is 6.89. The number of methoxy groups -OCH3 is 1. The molecule has 7 nitrogen and oxygen atoms in total. The molecule has 0 atom stereocenters. The summed E-state index contributed by atoms with van der Waals surface area (Å²) in [4.78, 5) is 42.1. The number of unbranched alkanes of at least 4 members (excludes halogenated alkanes) is 1. The molecule has 0 aliphatic rings. The minimum atomic E-state index is -0.708. The number of ether oxygens (including phenoxy) is 2. The third-order valence-electron chi connectivity index (χ3n) is 2.85. The largest absolute Gasteiger partial charge is 0.469 e. The summed E-state index contributed by atoms with van der Waals surface area (Å²) < 4.78 is 9.42. The fourth-order valence-electron chi connectivity index (χ4n) is 1.76. The van der Waals surface area contributed by atoms with Gasteiger partial charge in [-0.05, 0) is 13.3 Å². The summed E-state index contributed by atoms with van der Waals surface area (Å²) in [5.41, 5.74) is -0.651. The van der Waals surface area contributed by atoms with Gasteiger partial charge in [-0.2, -0.15) is 0 Å². The molecule has 0 radical (unpaired) electrons. The first kappa shape index (κ1) is 16.9. The lowest BCUT2D eigenvalue weighted by atomic mass is 10.1. The Morgan fingerprint density at radius 2 is 2.00 bits per heavy atom. The highest BCUT2D eigenvalue weighted by molar-refractivity contribution is 5.90. The van der Waals surface area contributed by atoms with Gasteiger partial charge in [0, 0.05) is 6.42 Å². The van der Waals surface area contributed by atoms with E-state index in [9.17, 15) is 14.4 Å². The number of carbonyl (C=O) groups excluding carboxylic acids is 2. The van der Waals surface area contributed by atoms with Crippen LogP contribution in [0.2, 0.25) is 0 Å². The third-order valence-corrected chi connectivity index (χ3v) is 2.85. The van der Waals surface area contributed by atoms with Crippen LogP contribution in [-0.4, -0.2) is 35.6 Å². The first-order chi connectivity index (χ1) is 10.0. The van der Waals surface area contributed by atoms with Gasteiger partial charge in [-0.25, -0.2) is 9.78 Å². The average Bonchev–Trinajstić information content (AvgIpc) is 2.47. The van der Waals surface area contributed by atoms with Gasteiger partial charge in [-0.15, -0.1) is 0 Å². The molecule has 0 bridgehead atoms. The fraction of sp³-hybridized carbons (Fsp3) is 0.571. The lowest BCUT2D eigenvalue weighted by molar-refractivity contribution is -0.139. The van der Waals surface area contributed by atoms with E-state index in [1.165, 1.54) is 7.11 Å². The maximum atomic E-state index is 12.1. The number of aromatic amines is 1. The molecule has 0 aromatic carbocycles. The number of carbonyl (C=O) groups is 2. The van der Waals surface area contributed by atoms with Crippen molar-refractivity contribution in [3.63, 3.8) is 0 Å². The maximum Gasteiger partial charge on any atom is 0.357 e. The highest BCUT2D eigenvalue weighted by Crippen LogP contribution is 2.07. The van der Waals surface area contributed by atoms with E-state index in [1.54, 1.807) is 6.92 Å². The normalized spacial score (nSPS) is 10.2. The fourth-order valence-corrected chi connectivity index (χ4v) is 1.76. The van der Waals surface area contributed by atoms with Gasteiger partial charge in [0.05, 0.1) is 25.7 Å². The van der Waals surface area contributed by atoms with E-state index in [1.807, 2.05) is 6.92 Å². The van der Waals surface area contributed by atoms with Crippen LogP contribution in [0.25, 0.3) is 0 Å². The Balaban J connectivity index is 3.23. The Bertz CT molecular complexity index is 565. The molecule has 0 unspecified atom stereocenters. The van der Waals surface area contributed by atoms with E-state index in [2.05, 4.69) is 14.7 Å². The third kappa shape index (κ3) is 4.70. The van der Waals surface area contributed by atoms with Crippen LogP contribution in [0.15, 0.2) is 4.79 Å². The van der Waals surface area contributed by atoms with Gasteiger partial charge >= 0.3 is 11.9 Å². The van der Waals surface area contributed by atoms with Gasteiger partial charge in [0.2, 0.25) is 0 Å². The van der Waals surface area contributed by atoms with Crippen LogP contribution in [0, 0.1) is 0 Å². The number of nitrogens with one attached hydrogen (secondary N) is 1. The Morgan fingerprint density at radius 1 is 1.29 bits per heavy atom. The predicted molar refractivity (Wildman–Crippen MR) is 75.1 cm³/mol. The summed E-state index contributed by atoms with van der Waals surface area (Å²) in [6.45, 7) is 3.83. The van der Waals surface area contributed by atoms with Crippen molar-refractivity contribution < 1.29 is 19.1 Å². The molecule has 0 aliphatic carbocycles. The molecule has 0 amide bonds. The number of nitrogens with zero attached hydrogens (tertiary/aromatic N) is 1. The second-order valence-corrected chi connectivity index (χ2v) is 4.42. The molecule has 1 aromatic heterocycles. The van der Waals surface area contributed by atoms with Crippen LogP contribution in [-0.2, 0) is 27.1 Å². The minimum Gasteiger partial charge on any atom is -0.469 e. The second-order valence-electron chi connectivity index (χ2n) is 4.42. The lowest BCUT2D eigenvalue weighted by Crippen LogP contribution is -2.26. The van der Waals surface area contributed by atoms with Crippen molar-refractivity contribution in [3.05, 3.63) is 27.4 Å².